The van der Waals surface area contributed by atoms with Gasteiger partial charge < -0.3 is 13.6 Å². The van der Waals surface area contributed by atoms with Gasteiger partial charge in [-0.2, -0.15) is 35.3 Å². The third kappa shape index (κ3) is 9.37. The van der Waals surface area contributed by atoms with Crippen molar-refractivity contribution in [3.63, 3.8) is 0 Å². The molecule has 0 atom stereocenters. The molecule has 0 heterocycles. The first-order chi connectivity index (χ1) is 23.1. The van der Waals surface area contributed by atoms with Crippen molar-refractivity contribution in [2.24, 2.45) is 30.7 Å². The van der Waals surface area contributed by atoms with E-state index in [1.165, 1.54) is 0 Å². The maximum absolute atomic E-state index is 14.1. The Morgan fingerprint density at radius 1 is 0.298 bits per heavy atom. The van der Waals surface area contributed by atoms with Crippen LogP contribution in [-0.2, 0) is 4.57 Å². The second-order valence-electron chi connectivity index (χ2n) is 9.81. The lowest BCUT2D eigenvalue weighted by Gasteiger charge is -2.19. The molecule has 47 heavy (non-hydrogen) atoms. The predicted molar refractivity (Wildman–Crippen MR) is 181 cm³/mol. The molecule has 0 fully saturated rings. The minimum Gasteiger partial charge on any atom is -0.386 e. The van der Waals surface area contributed by atoms with Gasteiger partial charge in [-0.3, -0.25) is 0 Å². The Kier molecular flexibility index (Phi) is 9.92. The van der Waals surface area contributed by atoms with Crippen LogP contribution >= 0.6 is 7.82 Å². The summed E-state index contributed by atoms with van der Waals surface area (Å²) in [4.78, 5) is 0. The zero-order valence-corrected chi connectivity index (χ0v) is 25.7. The zero-order chi connectivity index (χ0) is 32.2. The lowest BCUT2D eigenvalue weighted by atomic mass is 10.3. The van der Waals surface area contributed by atoms with Crippen LogP contribution in [0, 0.1) is 0 Å². The summed E-state index contributed by atoms with van der Waals surface area (Å²) in [6.07, 6.45) is 0. The molecule has 0 saturated carbocycles. The highest BCUT2D eigenvalue weighted by atomic mass is 31.2. The minimum atomic E-state index is -4.28. The maximum atomic E-state index is 14.1. The van der Waals surface area contributed by atoms with Crippen LogP contribution < -0.4 is 13.6 Å². The predicted octanol–water partition coefficient (Wildman–Crippen LogP) is 12.6. The molecule has 6 aromatic carbocycles. The Morgan fingerprint density at radius 2 is 0.511 bits per heavy atom. The van der Waals surface area contributed by atoms with Crippen molar-refractivity contribution in [1.29, 1.82) is 0 Å². The van der Waals surface area contributed by atoms with Crippen molar-refractivity contribution in [2.45, 2.75) is 0 Å². The van der Waals surface area contributed by atoms with Crippen molar-refractivity contribution in [3.05, 3.63) is 164 Å². The monoisotopic (exact) mass is 638 g/mol. The minimum absolute atomic E-state index is 0.244. The molecule has 230 valence electrons. The Hall–Kier alpha value is -6.25. The number of hydrogen-bond donors (Lipinski definition) is 0. The Morgan fingerprint density at radius 3 is 0.745 bits per heavy atom. The van der Waals surface area contributed by atoms with Gasteiger partial charge in [-0.25, -0.2) is 0 Å². The zero-order valence-electron chi connectivity index (χ0n) is 24.9. The standard InChI is InChI=1S/C36H27N6O4P/c43-47(44-34-22-16-31(17-23-34)40-37-28-10-4-1-5-11-28,45-35-24-18-32(19-25-35)41-38-29-12-6-2-7-13-29)46-36-26-20-33(21-27-36)42-39-30-14-8-3-9-15-30/h1-27H. The van der Waals surface area contributed by atoms with E-state index in [0.717, 1.165) is 17.1 Å². The Bertz CT molecular complexity index is 1770. The summed E-state index contributed by atoms with van der Waals surface area (Å²) in [5.41, 5.74) is 3.91. The lowest BCUT2D eigenvalue weighted by Crippen LogP contribution is -2.07. The van der Waals surface area contributed by atoms with Gasteiger partial charge in [-0.1, -0.05) is 54.6 Å². The first-order valence-corrected chi connectivity index (χ1v) is 15.9. The summed E-state index contributed by atoms with van der Waals surface area (Å²) in [5.74, 6) is 0.732. The van der Waals surface area contributed by atoms with Gasteiger partial charge in [0, 0.05) is 0 Å². The normalized spacial score (nSPS) is 12.7. The van der Waals surface area contributed by atoms with Gasteiger partial charge in [-0.05, 0) is 109 Å². The van der Waals surface area contributed by atoms with Gasteiger partial charge >= 0.3 is 7.82 Å². The molecule has 10 nitrogen and oxygen atoms in total. The molecule has 0 N–H and O–H groups in total. The Labute approximate surface area is 271 Å². The van der Waals surface area contributed by atoms with Crippen molar-refractivity contribution >= 4 is 41.9 Å². The van der Waals surface area contributed by atoms with E-state index in [1.54, 1.807) is 72.8 Å². The molecule has 0 unspecified atom stereocenters. The van der Waals surface area contributed by atoms with E-state index < -0.39 is 7.82 Å². The van der Waals surface area contributed by atoms with Crippen LogP contribution in [0.1, 0.15) is 0 Å². The average molecular weight is 639 g/mol. The molecule has 6 aromatic rings. The average Bonchev–Trinajstić information content (AvgIpc) is 3.12. The molecule has 0 bridgehead atoms. The fourth-order valence-electron chi connectivity index (χ4n) is 3.99. The molecule has 0 saturated heterocycles. The molecule has 6 rings (SSSR count). The number of benzene rings is 6. The van der Waals surface area contributed by atoms with E-state index >= 15 is 0 Å². The second-order valence-corrected chi connectivity index (χ2v) is 11.3. The first kappa shape index (κ1) is 30.8. The van der Waals surface area contributed by atoms with Crippen LogP contribution in [0.3, 0.4) is 0 Å². The number of phosphoric acid groups is 1. The summed E-state index contributed by atoms with van der Waals surface area (Å²) < 4.78 is 31.7. The van der Waals surface area contributed by atoms with Gasteiger partial charge in [0.25, 0.3) is 0 Å². The van der Waals surface area contributed by atoms with Crippen LogP contribution in [-0.4, -0.2) is 0 Å². The third-order valence-corrected chi connectivity index (χ3v) is 7.58. The van der Waals surface area contributed by atoms with E-state index in [2.05, 4.69) is 30.7 Å². The largest absolute Gasteiger partial charge is 0.647 e. The van der Waals surface area contributed by atoms with E-state index in [4.69, 9.17) is 13.6 Å². The molecule has 0 aliphatic carbocycles. The van der Waals surface area contributed by atoms with Crippen LogP contribution in [0.4, 0.5) is 34.1 Å². The van der Waals surface area contributed by atoms with Gasteiger partial charge in [0.2, 0.25) is 0 Å². The fourth-order valence-corrected chi connectivity index (χ4v) is 5.25. The van der Waals surface area contributed by atoms with E-state index in [9.17, 15) is 4.57 Å². The molecule has 11 heteroatoms. The summed E-state index contributed by atoms with van der Waals surface area (Å²) in [7, 11) is -4.28. The molecular formula is C36H27N6O4P. The molecule has 0 aliphatic rings. The summed E-state index contributed by atoms with van der Waals surface area (Å²) in [6, 6.07) is 47.9. The van der Waals surface area contributed by atoms with Gasteiger partial charge in [0.15, 0.2) is 0 Å². The molecule has 0 spiro atoms. The number of phosphoric ester groups is 1. The van der Waals surface area contributed by atoms with E-state index in [0.29, 0.717) is 17.1 Å². The summed E-state index contributed by atoms with van der Waals surface area (Å²) >= 11 is 0. The number of nitrogens with zero attached hydrogens (tertiary/aromatic N) is 6. The molecular weight excluding hydrogens is 611 g/mol. The summed E-state index contributed by atoms with van der Waals surface area (Å²) in [5, 5.41) is 25.4. The number of rotatable bonds is 12. The van der Waals surface area contributed by atoms with Crippen molar-refractivity contribution in [1.82, 2.24) is 0 Å². The summed E-state index contributed by atoms with van der Waals surface area (Å²) in [6.45, 7) is 0. The molecule has 0 aliphatic heterocycles. The van der Waals surface area contributed by atoms with Gasteiger partial charge in [-0.15, -0.1) is 0 Å². The van der Waals surface area contributed by atoms with Crippen LogP contribution in [0.2, 0.25) is 0 Å². The van der Waals surface area contributed by atoms with Crippen molar-refractivity contribution in [3.8, 4) is 17.2 Å². The highest BCUT2D eigenvalue weighted by Crippen LogP contribution is 2.50. The number of azo groups is 3. The SMILES string of the molecule is O=P(Oc1ccc(N=Nc2ccccc2)cc1)(Oc1ccc(N=Nc2ccccc2)cc1)Oc1ccc(N=Nc2ccccc2)cc1. The smallest absolute Gasteiger partial charge is 0.386 e. The second kappa shape index (κ2) is 15.2. The number of hydrogen-bond acceptors (Lipinski definition) is 10. The van der Waals surface area contributed by atoms with Crippen LogP contribution in [0.5, 0.6) is 17.2 Å². The first-order valence-electron chi connectivity index (χ1n) is 14.5. The topological polar surface area (TPSA) is 119 Å². The van der Waals surface area contributed by atoms with Gasteiger partial charge in [0.1, 0.15) is 17.2 Å². The Balaban J connectivity index is 1.19. The highest BCUT2D eigenvalue weighted by molar-refractivity contribution is 7.49. The van der Waals surface area contributed by atoms with E-state index in [1.807, 2.05) is 91.0 Å². The van der Waals surface area contributed by atoms with Crippen LogP contribution in [0.25, 0.3) is 0 Å². The molecule has 0 radical (unpaired) electrons. The maximum Gasteiger partial charge on any atom is 0.647 e. The molecule has 0 amide bonds. The quantitative estimate of drug-likeness (QED) is 0.0978. The van der Waals surface area contributed by atoms with E-state index in [-0.39, 0.29) is 17.2 Å². The molecule has 0 aromatic heterocycles. The third-order valence-electron chi connectivity index (χ3n) is 6.27. The van der Waals surface area contributed by atoms with Crippen LogP contribution in [0.15, 0.2) is 194 Å². The highest BCUT2D eigenvalue weighted by Gasteiger charge is 2.33. The van der Waals surface area contributed by atoms with Gasteiger partial charge in [0.05, 0.1) is 34.1 Å². The van der Waals surface area contributed by atoms with Crippen molar-refractivity contribution < 1.29 is 18.1 Å². The lowest BCUT2D eigenvalue weighted by molar-refractivity contribution is 0.298. The van der Waals surface area contributed by atoms with Crippen molar-refractivity contribution in [2.75, 3.05) is 0 Å². The fraction of sp³-hybridized carbons (Fsp3) is 0.